The molecule has 1 heterocycles. The van der Waals surface area contributed by atoms with E-state index in [1.807, 2.05) is 24.3 Å². The van der Waals surface area contributed by atoms with Gasteiger partial charge in [0.1, 0.15) is 11.6 Å². The summed E-state index contributed by atoms with van der Waals surface area (Å²) in [5.74, 6) is 0.763. The van der Waals surface area contributed by atoms with Gasteiger partial charge in [-0.15, -0.1) is 0 Å². The number of methoxy groups -OCH3 is 1. The molecule has 0 aromatic heterocycles. The van der Waals surface area contributed by atoms with Gasteiger partial charge in [0.15, 0.2) is 0 Å². The summed E-state index contributed by atoms with van der Waals surface area (Å²) in [5.41, 5.74) is 2.02. The van der Waals surface area contributed by atoms with Crippen LogP contribution in [0.4, 0.5) is 4.39 Å². The molecule has 110 valence electrons. The maximum absolute atomic E-state index is 13.8. The molecule has 2 nitrogen and oxygen atoms in total. The van der Waals surface area contributed by atoms with Crippen molar-refractivity contribution in [1.82, 2.24) is 4.90 Å². The maximum Gasteiger partial charge on any atom is 0.127 e. The summed E-state index contributed by atoms with van der Waals surface area (Å²) in [4.78, 5) is 2.35. The molecule has 1 aliphatic rings. The second-order valence-corrected chi connectivity index (χ2v) is 5.50. The van der Waals surface area contributed by atoms with Gasteiger partial charge in [0.25, 0.3) is 0 Å². The average molecular weight is 285 g/mol. The van der Waals surface area contributed by atoms with Gasteiger partial charge < -0.3 is 4.74 Å². The minimum absolute atomic E-state index is 0.117. The number of ether oxygens (including phenoxy) is 1. The predicted molar refractivity (Wildman–Crippen MR) is 81.8 cm³/mol. The van der Waals surface area contributed by atoms with E-state index in [4.69, 9.17) is 4.74 Å². The second-order valence-electron chi connectivity index (χ2n) is 5.50. The molecule has 0 radical (unpaired) electrons. The lowest BCUT2D eigenvalue weighted by Crippen LogP contribution is -2.23. The van der Waals surface area contributed by atoms with Crippen LogP contribution in [0.3, 0.4) is 0 Å². The molecule has 21 heavy (non-hydrogen) atoms. The van der Waals surface area contributed by atoms with Crippen molar-refractivity contribution in [3.8, 4) is 5.75 Å². The van der Waals surface area contributed by atoms with E-state index in [9.17, 15) is 4.39 Å². The lowest BCUT2D eigenvalue weighted by atomic mass is 10.0. The van der Waals surface area contributed by atoms with E-state index in [0.717, 1.165) is 30.7 Å². The van der Waals surface area contributed by atoms with E-state index < -0.39 is 0 Å². The zero-order valence-corrected chi connectivity index (χ0v) is 12.3. The van der Waals surface area contributed by atoms with Crippen LogP contribution >= 0.6 is 0 Å². The zero-order chi connectivity index (χ0) is 14.7. The molecule has 1 atom stereocenters. The SMILES string of the molecule is COc1cccc(C2CCCN2Cc2ccccc2F)c1. The average Bonchev–Trinajstić information content (AvgIpc) is 2.98. The molecule has 1 fully saturated rings. The number of halogens is 1. The summed E-state index contributed by atoms with van der Waals surface area (Å²) in [7, 11) is 1.69. The van der Waals surface area contributed by atoms with Crippen molar-refractivity contribution in [3.05, 3.63) is 65.5 Å². The van der Waals surface area contributed by atoms with Crippen LogP contribution in [-0.2, 0) is 6.54 Å². The van der Waals surface area contributed by atoms with Crippen LogP contribution in [0, 0.1) is 5.82 Å². The Hall–Kier alpha value is -1.87. The molecule has 0 amide bonds. The Morgan fingerprint density at radius 3 is 2.86 bits per heavy atom. The third kappa shape index (κ3) is 3.08. The molecule has 2 aromatic rings. The van der Waals surface area contributed by atoms with Crippen molar-refractivity contribution in [1.29, 1.82) is 0 Å². The van der Waals surface area contributed by atoms with Gasteiger partial charge in [0.2, 0.25) is 0 Å². The highest BCUT2D eigenvalue weighted by atomic mass is 19.1. The maximum atomic E-state index is 13.8. The van der Waals surface area contributed by atoms with Crippen LogP contribution in [-0.4, -0.2) is 18.6 Å². The van der Waals surface area contributed by atoms with Crippen molar-refractivity contribution < 1.29 is 9.13 Å². The van der Waals surface area contributed by atoms with Crippen molar-refractivity contribution in [2.45, 2.75) is 25.4 Å². The van der Waals surface area contributed by atoms with Crippen LogP contribution in [0.2, 0.25) is 0 Å². The Bertz CT molecular complexity index is 614. The van der Waals surface area contributed by atoms with E-state index >= 15 is 0 Å². The Kier molecular flexibility index (Phi) is 4.20. The van der Waals surface area contributed by atoms with Gasteiger partial charge in [-0.05, 0) is 43.1 Å². The Morgan fingerprint density at radius 2 is 2.05 bits per heavy atom. The number of nitrogens with zero attached hydrogens (tertiary/aromatic N) is 1. The topological polar surface area (TPSA) is 12.5 Å². The quantitative estimate of drug-likeness (QED) is 0.836. The standard InChI is InChI=1S/C18H20FNO/c1-21-16-8-4-7-14(12-16)18-10-5-11-20(18)13-15-6-2-3-9-17(15)19/h2-4,6-9,12,18H,5,10-11,13H2,1H3. The third-order valence-corrected chi connectivity index (χ3v) is 4.17. The fourth-order valence-corrected chi connectivity index (χ4v) is 3.09. The second kappa shape index (κ2) is 6.27. The summed E-state index contributed by atoms with van der Waals surface area (Å²) in [5, 5.41) is 0. The molecule has 0 N–H and O–H groups in total. The van der Waals surface area contributed by atoms with Crippen molar-refractivity contribution >= 4 is 0 Å². The summed E-state index contributed by atoms with van der Waals surface area (Å²) in [6, 6.07) is 15.6. The molecule has 0 saturated carbocycles. The number of hydrogen-bond acceptors (Lipinski definition) is 2. The first-order valence-corrected chi connectivity index (χ1v) is 7.39. The molecule has 1 unspecified atom stereocenters. The van der Waals surface area contributed by atoms with E-state index in [0.29, 0.717) is 12.6 Å². The van der Waals surface area contributed by atoms with Crippen LogP contribution in [0.25, 0.3) is 0 Å². The summed E-state index contributed by atoms with van der Waals surface area (Å²) >= 11 is 0. The minimum atomic E-state index is -0.117. The molecule has 3 heteroatoms. The van der Waals surface area contributed by atoms with Crippen LogP contribution in [0.15, 0.2) is 48.5 Å². The minimum Gasteiger partial charge on any atom is -0.497 e. The van der Waals surface area contributed by atoms with Crippen LogP contribution in [0.5, 0.6) is 5.75 Å². The smallest absolute Gasteiger partial charge is 0.127 e. The van der Waals surface area contributed by atoms with E-state index in [2.05, 4.69) is 17.0 Å². The number of rotatable bonds is 4. The molecule has 3 rings (SSSR count). The van der Waals surface area contributed by atoms with Crippen LogP contribution < -0.4 is 4.74 Å². The monoisotopic (exact) mass is 285 g/mol. The van der Waals surface area contributed by atoms with Gasteiger partial charge in [-0.3, -0.25) is 4.90 Å². The van der Waals surface area contributed by atoms with Gasteiger partial charge in [-0.1, -0.05) is 30.3 Å². The van der Waals surface area contributed by atoms with Gasteiger partial charge in [-0.2, -0.15) is 0 Å². The highest BCUT2D eigenvalue weighted by Gasteiger charge is 2.26. The lowest BCUT2D eigenvalue weighted by molar-refractivity contribution is 0.244. The van der Waals surface area contributed by atoms with Gasteiger partial charge in [0, 0.05) is 18.2 Å². The third-order valence-electron chi connectivity index (χ3n) is 4.17. The van der Waals surface area contributed by atoms with Crippen molar-refractivity contribution in [2.24, 2.45) is 0 Å². The fourth-order valence-electron chi connectivity index (χ4n) is 3.09. The largest absolute Gasteiger partial charge is 0.497 e. The van der Waals surface area contributed by atoms with E-state index in [-0.39, 0.29) is 5.82 Å². The zero-order valence-electron chi connectivity index (χ0n) is 12.3. The Balaban J connectivity index is 1.80. The van der Waals surface area contributed by atoms with Crippen molar-refractivity contribution in [3.63, 3.8) is 0 Å². The summed E-state index contributed by atoms with van der Waals surface area (Å²) in [6.45, 7) is 1.67. The number of benzene rings is 2. The molecular formula is C18H20FNO. The molecule has 1 saturated heterocycles. The first-order chi connectivity index (χ1) is 10.3. The fraction of sp³-hybridized carbons (Fsp3) is 0.333. The first-order valence-electron chi connectivity index (χ1n) is 7.39. The van der Waals surface area contributed by atoms with E-state index in [1.54, 1.807) is 13.2 Å². The van der Waals surface area contributed by atoms with Gasteiger partial charge in [-0.25, -0.2) is 4.39 Å². The highest BCUT2D eigenvalue weighted by Crippen LogP contribution is 2.34. The predicted octanol–water partition coefficient (Wildman–Crippen LogP) is 4.17. The number of likely N-dealkylation sites (tertiary alicyclic amines) is 1. The Labute approximate surface area is 125 Å². The van der Waals surface area contributed by atoms with Gasteiger partial charge in [0.05, 0.1) is 7.11 Å². The number of hydrogen-bond donors (Lipinski definition) is 0. The first kappa shape index (κ1) is 14.1. The highest BCUT2D eigenvalue weighted by molar-refractivity contribution is 5.31. The summed E-state index contributed by atoms with van der Waals surface area (Å²) in [6.07, 6.45) is 2.26. The molecule has 0 bridgehead atoms. The molecule has 0 aliphatic carbocycles. The summed E-state index contributed by atoms with van der Waals surface area (Å²) < 4.78 is 19.2. The molecule has 1 aliphatic heterocycles. The van der Waals surface area contributed by atoms with Crippen LogP contribution in [0.1, 0.15) is 30.0 Å². The molecule has 2 aromatic carbocycles. The molecule has 0 spiro atoms. The van der Waals surface area contributed by atoms with E-state index in [1.165, 1.54) is 11.6 Å². The lowest BCUT2D eigenvalue weighted by Gasteiger charge is -2.25. The van der Waals surface area contributed by atoms with Gasteiger partial charge >= 0.3 is 0 Å². The molecular weight excluding hydrogens is 265 g/mol. The normalized spacial score (nSPS) is 18.9. The Morgan fingerprint density at radius 1 is 1.19 bits per heavy atom. The van der Waals surface area contributed by atoms with Crippen molar-refractivity contribution in [2.75, 3.05) is 13.7 Å².